The Kier molecular flexibility index (Phi) is 4.16. The lowest BCUT2D eigenvalue weighted by atomic mass is 9.90. The molecule has 1 N–H and O–H groups in total. The molecule has 0 amide bonds. The van der Waals surface area contributed by atoms with Crippen LogP contribution in [0.5, 0.6) is 5.75 Å². The molecule has 2 aliphatic rings. The van der Waals surface area contributed by atoms with Crippen molar-refractivity contribution in [2.24, 2.45) is 10.4 Å². The number of rotatable bonds is 2. The normalized spacial score (nSPS) is 25.0. The lowest BCUT2D eigenvalue weighted by Gasteiger charge is -2.27. The van der Waals surface area contributed by atoms with E-state index in [4.69, 9.17) is 9.73 Å². The van der Waals surface area contributed by atoms with Crippen LogP contribution in [0.4, 0.5) is 0 Å². The van der Waals surface area contributed by atoms with Crippen molar-refractivity contribution in [1.29, 1.82) is 0 Å². The number of nitrogens with zero attached hydrogens (tertiary/aromatic N) is 1. The second-order valence-electron chi connectivity index (χ2n) is 7.02. The molecule has 1 aromatic carbocycles. The highest BCUT2D eigenvalue weighted by Crippen LogP contribution is 2.35. The average molecular weight is 304 g/mol. The third-order valence-electron chi connectivity index (χ3n) is 3.81. The number of nitrogens with one attached hydrogen (secondary N) is 1. The number of amidine groups is 1. The highest BCUT2D eigenvalue weighted by molar-refractivity contribution is 8.14. The minimum Gasteiger partial charge on any atom is -0.493 e. The Morgan fingerprint density at radius 1 is 1.33 bits per heavy atom. The first-order chi connectivity index (χ1) is 10.0. The second kappa shape index (κ2) is 5.91. The number of aliphatic imine (C=N–C) groups is 1. The summed E-state index contributed by atoms with van der Waals surface area (Å²) in [5.74, 6) is 1.01. The molecule has 0 fully saturated rings. The molecule has 1 aromatic rings. The molecule has 2 aliphatic heterocycles. The first kappa shape index (κ1) is 14.8. The minimum atomic E-state index is 0.328. The van der Waals surface area contributed by atoms with Crippen molar-refractivity contribution in [2.45, 2.75) is 44.9 Å². The fourth-order valence-electron chi connectivity index (χ4n) is 2.93. The van der Waals surface area contributed by atoms with Crippen LogP contribution in [-0.4, -0.2) is 23.6 Å². The van der Waals surface area contributed by atoms with Gasteiger partial charge in [-0.15, -0.1) is 0 Å². The molecule has 2 heterocycles. The van der Waals surface area contributed by atoms with E-state index in [0.717, 1.165) is 30.5 Å². The maximum Gasteiger partial charge on any atom is 0.157 e. The zero-order valence-corrected chi connectivity index (χ0v) is 13.9. The summed E-state index contributed by atoms with van der Waals surface area (Å²) in [6, 6.07) is 8.64. The maximum absolute atomic E-state index is 5.72. The van der Waals surface area contributed by atoms with Crippen LogP contribution in [0, 0.1) is 5.41 Å². The molecule has 3 nitrogen and oxygen atoms in total. The lowest BCUT2D eigenvalue weighted by Crippen LogP contribution is -2.30. The van der Waals surface area contributed by atoms with Crippen LogP contribution in [-0.2, 0) is 0 Å². The van der Waals surface area contributed by atoms with E-state index in [-0.39, 0.29) is 0 Å². The molecule has 21 heavy (non-hydrogen) atoms. The zero-order chi connectivity index (χ0) is 14.9. The van der Waals surface area contributed by atoms with Crippen molar-refractivity contribution in [3.05, 3.63) is 29.8 Å². The smallest absolute Gasteiger partial charge is 0.157 e. The lowest BCUT2D eigenvalue weighted by molar-refractivity contribution is 0.262. The molecule has 0 saturated carbocycles. The van der Waals surface area contributed by atoms with Crippen LogP contribution in [0.25, 0.3) is 0 Å². The quantitative estimate of drug-likeness (QED) is 0.896. The van der Waals surface area contributed by atoms with Crippen LogP contribution in [0.3, 0.4) is 0 Å². The first-order valence-electron chi connectivity index (χ1n) is 7.71. The van der Waals surface area contributed by atoms with E-state index >= 15 is 0 Å². The topological polar surface area (TPSA) is 33.6 Å². The molecule has 0 aromatic heterocycles. The van der Waals surface area contributed by atoms with Gasteiger partial charge >= 0.3 is 0 Å². The van der Waals surface area contributed by atoms with E-state index in [1.807, 2.05) is 17.8 Å². The molecule has 0 saturated heterocycles. The molecule has 0 spiro atoms. The highest BCUT2D eigenvalue weighted by Gasteiger charge is 2.28. The molecule has 0 radical (unpaired) electrons. The third kappa shape index (κ3) is 3.73. The standard InChI is InChI=1S/C17H24N2OS/c1-17(2,3)10-12-11-18-16(21-12)19-14-8-9-20-15-7-5-4-6-13(14)15/h4-7,12,14H,8-11H2,1-3H3,(H,18,19). The van der Waals surface area contributed by atoms with Gasteiger partial charge in [-0.3, -0.25) is 4.99 Å². The van der Waals surface area contributed by atoms with Crippen molar-refractivity contribution in [1.82, 2.24) is 5.32 Å². The van der Waals surface area contributed by atoms with Gasteiger partial charge in [-0.2, -0.15) is 0 Å². The number of hydrogen-bond donors (Lipinski definition) is 1. The SMILES string of the molecule is CC(C)(C)CC1CN=C(NC2CCOc3ccccc32)S1. The fraction of sp³-hybridized carbons (Fsp3) is 0.588. The Morgan fingerprint density at radius 2 is 2.14 bits per heavy atom. The number of benzene rings is 1. The van der Waals surface area contributed by atoms with E-state index in [0.29, 0.717) is 16.7 Å². The summed E-state index contributed by atoms with van der Waals surface area (Å²) < 4.78 is 5.72. The zero-order valence-electron chi connectivity index (χ0n) is 13.1. The Bertz CT molecular complexity index is 536. The highest BCUT2D eigenvalue weighted by atomic mass is 32.2. The Hall–Kier alpha value is -1.16. The van der Waals surface area contributed by atoms with Crippen molar-refractivity contribution in [3.8, 4) is 5.75 Å². The Morgan fingerprint density at radius 3 is 2.95 bits per heavy atom. The van der Waals surface area contributed by atoms with Crippen LogP contribution >= 0.6 is 11.8 Å². The van der Waals surface area contributed by atoms with Gasteiger partial charge in [-0.25, -0.2) is 0 Å². The van der Waals surface area contributed by atoms with Crippen molar-refractivity contribution >= 4 is 16.9 Å². The van der Waals surface area contributed by atoms with Crippen LogP contribution < -0.4 is 10.1 Å². The molecule has 0 bridgehead atoms. The van der Waals surface area contributed by atoms with Gasteiger partial charge in [0, 0.05) is 17.2 Å². The Balaban J connectivity index is 1.62. The largest absolute Gasteiger partial charge is 0.493 e. The van der Waals surface area contributed by atoms with Gasteiger partial charge in [0.15, 0.2) is 5.17 Å². The second-order valence-corrected chi connectivity index (χ2v) is 8.31. The van der Waals surface area contributed by atoms with E-state index in [9.17, 15) is 0 Å². The van der Waals surface area contributed by atoms with Crippen molar-refractivity contribution in [2.75, 3.05) is 13.2 Å². The predicted molar refractivity (Wildman–Crippen MR) is 90.2 cm³/mol. The Labute approximate surface area is 131 Å². The summed E-state index contributed by atoms with van der Waals surface area (Å²) in [4.78, 5) is 4.70. The number of thioether (sulfide) groups is 1. The van der Waals surface area contributed by atoms with Gasteiger partial charge < -0.3 is 10.1 Å². The number of ether oxygens (including phenoxy) is 1. The summed E-state index contributed by atoms with van der Waals surface area (Å²) in [5, 5.41) is 5.34. The summed E-state index contributed by atoms with van der Waals surface area (Å²) in [7, 11) is 0. The van der Waals surface area contributed by atoms with Gasteiger partial charge in [-0.1, -0.05) is 50.7 Å². The molecule has 3 rings (SSSR count). The van der Waals surface area contributed by atoms with Crippen LogP contribution in [0.2, 0.25) is 0 Å². The number of fused-ring (bicyclic) bond motifs is 1. The molecule has 0 aliphatic carbocycles. The van der Waals surface area contributed by atoms with Gasteiger partial charge in [0.05, 0.1) is 19.2 Å². The predicted octanol–water partition coefficient (Wildman–Crippen LogP) is 4.01. The first-order valence-corrected chi connectivity index (χ1v) is 8.59. The molecule has 114 valence electrons. The van der Waals surface area contributed by atoms with E-state index in [1.54, 1.807) is 0 Å². The van der Waals surface area contributed by atoms with Gasteiger partial charge in [0.25, 0.3) is 0 Å². The molecule has 2 unspecified atom stereocenters. The van der Waals surface area contributed by atoms with Gasteiger partial charge in [-0.05, 0) is 17.9 Å². The molecule has 4 heteroatoms. The molecular formula is C17H24N2OS. The fourth-order valence-corrected chi connectivity index (χ4v) is 4.33. The van der Waals surface area contributed by atoms with Crippen molar-refractivity contribution in [3.63, 3.8) is 0 Å². The van der Waals surface area contributed by atoms with E-state index in [2.05, 4.69) is 44.3 Å². The van der Waals surface area contributed by atoms with Gasteiger partial charge in [0.2, 0.25) is 0 Å². The average Bonchev–Trinajstić information content (AvgIpc) is 2.84. The summed E-state index contributed by atoms with van der Waals surface area (Å²) >= 11 is 1.90. The number of para-hydroxylation sites is 1. The van der Waals surface area contributed by atoms with Gasteiger partial charge in [0.1, 0.15) is 5.75 Å². The molecular weight excluding hydrogens is 280 g/mol. The summed E-state index contributed by atoms with van der Waals surface area (Å²) in [6.07, 6.45) is 2.21. The van der Waals surface area contributed by atoms with Crippen LogP contribution in [0.15, 0.2) is 29.3 Å². The third-order valence-corrected chi connectivity index (χ3v) is 4.93. The van der Waals surface area contributed by atoms with Crippen LogP contribution in [0.1, 0.15) is 45.2 Å². The summed E-state index contributed by atoms with van der Waals surface area (Å²) in [5.41, 5.74) is 1.62. The van der Waals surface area contributed by atoms with Crippen molar-refractivity contribution < 1.29 is 4.74 Å². The van der Waals surface area contributed by atoms with E-state index < -0.39 is 0 Å². The monoisotopic (exact) mass is 304 g/mol. The summed E-state index contributed by atoms with van der Waals surface area (Å²) in [6.45, 7) is 8.61. The minimum absolute atomic E-state index is 0.328. The number of hydrogen-bond acceptors (Lipinski definition) is 4. The maximum atomic E-state index is 5.72. The van der Waals surface area contributed by atoms with E-state index in [1.165, 1.54) is 12.0 Å². The molecule has 2 atom stereocenters.